The molecule has 6 nitrogen and oxygen atoms in total. The van der Waals surface area contributed by atoms with Crippen LogP contribution in [0.1, 0.15) is 36.8 Å². The number of likely N-dealkylation sites (tertiary alicyclic amines) is 1. The van der Waals surface area contributed by atoms with Crippen LogP contribution in [0.3, 0.4) is 0 Å². The summed E-state index contributed by atoms with van der Waals surface area (Å²) in [6, 6.07) is 16.6. The topological polar surface area (TPSA) is 73.5 Å². The summed E-state index contributed by atoms with van der Waals surface area (Å²) in [7, 11) is 0. The number of carbonyl (C=O) groups is 2. The molecule has 3 N–H and O–H groups in total. The predicted molar refractivity (Wildman–Crippen MR) is 137 cm³/mol. The number of halogens is 1. The first-order valence-corrected chi connectivity index (χ1v) is 13.2. The van der Waals surface area contributed by atoms with Crippen LogP contribution in [0.2, 0.25) is 0 Å². The first-order chi connectivity index (χ1) is 17.0. The molecule has 0 bridgehead atoms. The van der Waals surface area contributed by atoms with Crippen molar-refractivity contribution < 1.29 is 14.0 Å². The Morgan fingerprint density at radius 2 is 1.86 bits per heavy atom. The van der Waals surface area contributed by atoms with Crippen LogP contribution in [0.25, 0.3) is 5.57 Å². The third-order valence-electron chi connectivity index (χ3n) is 7.26. The minimum absolute atomic E-state index is 0.0304. The van der Waals surface area contributed by atoms with Crippen molar-refractivity contribution in [2.45, 2.75) is 43.3 Å². The molecule has 3 aliphatic rings. The fourth-order valence-electron chi connectivity index (χ4n) is 5.12. The molecule has 3 heterocycles. The maximum absolute atomic E-state index is 14.5. The molecule has 2 amide bonds. The minimum Gasteiger partial charge on any atom is -0.355 e. The number of hydrogen-bond acceptors (Lipinski definition) is 5. The van der Waals surface area contributed by atoms with Crippen molar-refractivity contribution in [3.05, 3.63) is 76.9 Å². The van der Waals surface area contributed by atoms with Crippen molar-refractivity contribution in [1.29, 1.82) is 0 Å². The zero-order valence-corrected chi connectivity index (χ0v) is 20.6. The second-order valence-electron chi connectivity index (χ2n) is 9.53. The summed E-state index contributed by atoms with van der Waals surface area (Å²) in [6.07, 6.45) is 1.14. The molecule has 184 valence electrons. The number of piperidine rings is 1. The van der Waals surface area contributed by atoms with Crippen molar-refractivity contribution in [3.63, 3.8) is 0 Å². The molecule has 0 aliphatic carbocycles. The van der Waals surface area contributed by atoms with Crippen LogP contribution in [0.15, 0.2) is 60.0 Å². The predicted octanol–water partition coefficient (Wildman–Crippen LogP) is 3.29. The first-order valence-electron chi connectivity index (χ1n) is 12.2. The van der Waals surface area contributed by atoms with E-state index in [9.17, 15) is 14.0 Å². The molecule has 4 atom stereocenters. The molecule has 0 spiro atoms. The maximum Gasteiger partial charge on any atom is 0.237 e. The van der Waals surface area contributed by atoms with E-state index in [0.717, 1.165) is 18.4 Å². The van der Waals surface area contributed by atoms with Gasteiger partial charge in [0.1, 0.15) is 17.4 Å². The summed E-state index contributed by atoms with van der Waals surface area (Å²) in [5.41, 5.74) is 2.57. The highest BCUT2D eigenvalue weighted by molar-refractivity contribution is 8.04. The van der Waals surface area contributed by atoms with E-state index in [1.165, 1.54) is 23.4 Å². The minimum atomic E-state index is -0.334. The Bertz CT molecular complexity index is 1100. The van der Waals surface area contributed by atoms with E-state index < -0.39 is 0 Å². The number of hydrogen-bond donors (Lipinski definition) is 3. The molecule has 3 aliphatic heterocycles. The molecule has 35 heavy (non-hydrogen) atoms. The monoisotopic (exact) mass is 494 g/mol. The molecule has 2 saturated heterocycles. The summed E-state index contributed by atoms with van der Waals surface area (Å²) < 4.78 is 14.5. The highest BCUT2D eigenvalue weighted by atomic mass is 32.2. The van der Waals surface area contributed by atoms with Crippen LogP contribution in [0.4, 0.5) is 4.39 Å². The summed E-state index contributed by atoms with van der Waals surface area (Å²) >= 11 is 1.43. The molecule has 2 aromatic carbocycles. The molecular weight excluding hydrogens is 463 g/mol. The molecule has 0 saturated carbocycles. The van der Waals surface area contributed by atoms with Crippen LogP contribution in [-0.4, -0.2) is 53.9 Å². The molecule has 8 heteroatoms. The van der Waals surface area contributed by atoms with E-state index in [1.807, 2.05) is 29.7 Å². The number of rotatable bonds is 6. The van der Waals surface area contributed by atoms with Gasteiger partial charge in [-0.15, -0.1) is 11.8 Å². The van der Waals surface area contributed by atoms with Crippen LogP contribution >= 0.6 is 11.8 Å². The van der Waals surface area contributed by atoms with Crippen LogP contribution in [-0.2, 0) is 9.59 Å². The van der Waals surface area contributed by atoms with Gasteiger partial charge in [0, 0.05) is 31.1 Å². The van der Waals surface area contributed by atoms with Crippen LogP contribution in [0, 0.1) is 11.7 Å². The number of nitrogens with zero attached hydrogens (tertiary/aromatic N) is 1. The smallest absolute Gasteiger partial charge is 0.237 e. The normalized spacial score (nSPS) is 25.9. The highest BCUT2D eigenvalue weighted by Crippen LogP contribution is 2.39. The summed E-state index contributed by atoms with van der Waals surface area (Å²) in [5.74, 6) is 0.0111. The van der Waals surface area contributed by atoms with Gasteiger partial charge < -0.3 is 10.6 Å². The standard InChI is InChI=1S/C27H31FN4O2S/c1-17(18-7-3-2-4-8-18)15-29-25(33)19-11-13-32(14-12-19)27-30-23-21(16-35-24(23)26(34)31-27)20-9-5-6-10-22(20)28/h2-10,16-17,19,23-24,27,30H,11-15H2,1H3,(H,29,33)(H,31,34). The van der Waals surface area contributed by atoms with E-state index in [4.69, 9.17) is 0 Å². The molecule has 4 unspecified atom stereocenters. The Kier molecular flexibility index (Phi) is 7.22. The van der Waals surface area contributed by atoms with Gasteiger partial charge in [0.25, 0.3) is 0 Å². The number of fused-ring (bicyclic) bond motifs is 1. The van der Waals surface area contributed by atoms with E-state index in [2.05, 4.69) is 39.9 Å². The number of benzene rings is 2. The van der Waals surface area contributed by atoms with E-state index >= 15 is 0 Å². The summed E-state index contributed by atoms with van der Waals surface area (Å²) in [6.45, 7) is 4.14. The van der Waals surface area contributed by atoms with Gasteiger partial charge in [-0.1, -0.05) is 55.5 Å². The lowest BCUT2D eigenvalue weighted by Crippen LogP contribution is -2.68. The van der Waals surface area contributed by atoms with Crippen molar-refractivity contribution in [2.24, 2.45) is 5.92 Å². The number of nitrogens with one attached hydrogen (secondary N) is 3. The number of carbonyl (C=O) groups excluding carboxylic acids is 2. The second kappa shape index (κ2) is 10.5. The summed E-state index contributed by atoms with van der Waals surface area (Å²) in [5, 5.41) is 11.3. The first kappa shape index (κ1) is 24.0. The zero-order valence-electron chi connectivity index (χ0n) is 19.7. The van der Waals surface area contributed by atoms with Gasteiger partial charge in [0.15, 0.2) is 0 Å². The van der Waals surface area contributed by atoms with E-state index in [-0.39, 0.29) is 47.0 Å². The molecule has 2 fully saturated rings. The van der Waals surface area contributed by atoms with Gasteiger partial charge in [-0.05, 0) is 41.4 Å². The third-order valence-corrected chi connectivity index (χ3v) is 8.43. The van der Waals surface area contributed by atoms with Crippen molar-refractivity contribution in [2.75, 3.05) is 19.6 Å². The lowest BCUT2D eigenvalue weighted by molar-refractivity contribution is -0.129. The van der Waals surface area contributed by atoms with E-state index in [0.29, 0.717) is 25.2 Å². The average molecular weight is 495 g/mol. The van der Waals surface area contributed by atoms with Gasteiger partial charge in [-0.25, -0.2) is 4.39 Å². The Hall–Kier alpha value is -2.68. The lowest BCUT2D eigenvalue weighted by Gasteiger charge is -2.43. The van der Waals surface area contributed by atoms with Crippen LogP contribution in [0.5, 0.6) is 0 Å². The lowest BCUT2D eigenvalue weighted by atomic mass is 9.94. The number of amides is 2. The van der Waals surface area contributed by atoms with Crippen molar-refractivity contribution >= 4 is 29.1 Å². The third kappa shape index (κ3) is 5.15. The average Bonchev–Trinajstić information content (AvgIpc) is 3.32. The zero-order chi connectivity index (χ0) is 24.4. The van der Waals surface area contributed by atoms with E-state index in [1.54, 1.807) is 12.1 Å². The maximum atomic E-state index is 14.5. The van der Waals surface area contributed by atoms with Crippen LogP contribution < -0.4 is 16.0 Å². The second-order valence-corrected chi connectivity index (χ2v) is 10.5. The molecular formula is C27H31FN4O2S. The van der Waals surface area contributed by atoms with Crippen molar-refractivity contribution in [1.82, 2.24) is 20.9 Å². The Morgan fingerprint density at radius 1 is 1.14 bits per heavy atom. The fourth-order valence-corrected chi connectivity index (χ4v) is 6.26. The van der Waals surface area contributed by atoms with Gasteiger partial charge in [-0.3, -0.25) is 19.8 Å². The SMILES string of the molecule is CC(CNC(=O)C1CCN(C2NC(=O)C3SC=C(c4ccccc4F)C3N2)CC1)c1ccccc1. The largest absolute Gasteiger partial charge is 0.355 e. The van der Waals surface area contributed by atoms with Crippen molar-refractivity contribution in [3.8, 4) is 0 Å². The Morgan fingerprint density at radius 3 is 2.60 bits per heavy atom. The number of thioether (sulfide) groups is 1. The Labute approximate surface area is 209 Å². The van der Waals surface area contributed by atoms with Gasteiger partial charge in [0.2, 0.25) is 11.8 Å². The van der Waals surface area contributed by atoms with Gasteiger partial charge in [0.05, 0.1) is 6.04 Å². The molecule has 0 aromatic heterocycles. The fraction of sp³-hybridized carbons (Fsp3) is 0.407. The summed E-state index contributed by atoms with van der Waals surface area (Å²) in [4.78, 5) is 27.8. The van der Waals surface area contributed by atoms with Gasteiger partial charge >= 0.3 is 0 Å². The molecule has 5 rings (SSSR count). The highest BCUT2D eigenvalue weighted by Gasteiger charge is 2.44. The molecule has 2 aromatic rings. The Balaban J connectivity index is 1.15. The molecule has 0 radical (unpaired) electrons. The van der Waals surface area contributed by atoms with Gasteiger partial charge in [-0.2, -0.15) is 0 Å². The quantitative estimate of drug-likeness (QED) is 0.575.